The van der Waals surface area contributed by atoms with Crippen molar-refractivity contribution in [2.45, 2.75) is 19.3 Å². The molecule has 120 valence electrons. The lowest BCUT2D eigenvalue weighted by molar-refractivity contribution is 0.579. The van der Waals surface area contributed by atoms with E-state index in [-0.39, 0.29) is 5.69 Å². The van der Waals surface area contributed by atoms with Gasteiger partial charge in [-0.15, -0.1) is 0 Å². The van der Waals surface area contributed by atoms with Crippen molar-refractivity contribution in [3.05, 3.63) is 84.1 Å². The van der Waals surface area contributed by atoms with Crippen molar-refractivity contribution in [2.75, 3.05) is 4.90 Å². The third-order valence-electron chi connectivity index (χ3n) is 4.93. The third-order valence-corrected chi connectivity index (χ3v) is 4.93. The van der Waals surface area contributed by atoms with Gasteiger partial charge in [-0.05, 0) is 34.5 Å². The minimum Gasteiger partial charge on any atom is -0.308 e. The van der Waals surface area contributed by atoms with Gasteiger partial charge in [0.2, 0.25) is 0 Å². The Kier molecular flexibility index (Phi) is 3.04. The second kappa shape index (κ2) is 4.91. The van der Waals surface area contributed by atoms with Crippen molar-refractivity contribution in [1.82, 2.24) is 0 Å². The van der Waals surface area contributed by atoms with E-state index in [1.807, 2.05) is 50.2 Å². The van der Waals surface area contributed by atoms with Crippen molar-refractivity contribution in [3.8, 4) is 0 Å². The number of halogens is 2. The summed E-state index contributed by atoms with van der Waals surface area (Å²) in [6, 6.07) is 15.9. The third kappa shape index (κ3) is 1.84. The molecule has 1 heterocycles. The number of benzene rings is 3. The van der Waals surface area contributed by atoms with Crippen LogP contribution in [0.2, 0.25) is 0 Å². The highest BCUT2D eigenvalue weighted by atomic mass is 19.1. The van der Waals surface area contributed by atoms with Crippen LogP contribution in [0.15, 0.2) is 66.9 Å². The number of nitrogens with zero attached hydrogens (tertiary/aromatic N) is 1. The van der Waals surface area contributed by atoms with Crippen molar-refractivity contribution >= 4 is 22.1 Å². The summed E-state index contributed by atoms with van der Waals surface area (Å²) in [6.07, 6.45) is 0. The molecule has 4 rings (SSSR count). The van der Waals surface area contributed by atoms with Gasteiger partial charge in [0.05, 0.1) is 5.69 Å². The van der Waals surface area contributed by atoms with Crippen molar-refractivity contribution in [1.29, 1.82) is 0 Å². The number of allylic oxidation sites excluding steroid dienone is 1. The highest BCUT2D eigenvalue weighted by molar-refractivity contribution is 5.96. The molecule has 0 radical (unpaired) electrons. The smallest absolute Gasteiger partial charge is 0.150 e. The molecule has 1 aliphatic heterocycles. The first-order chi connectivity index (χ1) is 11.4. The summed E-state index contributed by atoms with van der Waals surface area (Å²) >= 11 is 0. The number of hydrogen-bond acceptors (Lipinski definition) is 1. The zero-order chi connectivity index (χ0) is 17.1. The van der Waals surface area contributed by atoms with E-state index in [1.165, 1.54) is 18.2 Å². The Labute approximate surface area is 139 Å². The normalized spacial score (nSPS) is 15.8. The van der Waals surface area contributed by atoms with Gasteiger partial charge >= 0.3 is 0 Å². The van der Waals surface area contributed by atoms with Crippen molar-refractivity contribution in [3.63, 3.8) is 0 Å². The predicted molar refractivity (Wildman–Crippen MR) is 94.6 cm³/mol. The van der Waals surface area contributed by atoms with Gasteiger partial charge in [-0.1, -0.05) is 56.8 Å². The summed E-state index contributed by atoms with van der Waals surface area (Å²) in [4.78, 5) is 1.62. The van der Waals surface area contributed by atoms with E-state index in [1.54, 1.807) is 4.90 Å². The highest BCUT2D eigenvalue weighted by Crippen LogP contribution is 2.53. The minimum atomic E-state index is -0.590. The molecule has 0 saturated heterocycles. The van der Waals surface area contributed by atoms with Crippen molar-refractivity contribution < 1.29 is 8.78 Å². The average Bonchev–Trinajstić information content (AvgIpc) is 2.76. The van der Waals surface area contributed by atoms with Gasteiger partial charge in [0.15, 0.2) is 0 Å². The van der Waals surface area contributed by atoms with Gasteiger partial charge in [0.1, 0.15) is 17.3 Å². The van der Waals surface area contributed by atoms with Gasteiger partial charge in [-0.2, -0.15) is 0 Å². The number of anilines is 2. The SMILES string of the molecule is C=C1N(c2c(F)cccc2F)c2ccc3ccccc3c2C1(C)C. The van der Waals surface area contributed by atoms with Crippen LogP contribution in [-0.2, 0) is 5.41 Å². The monoisotopic (exact) mass is 321 g/mol. The molecule has 3 aromatic carbocycles. The molecule has 0 unspecified atom stereocenters. The van der Waals surface area contributed by atoms with E-state index in [9.17, 15) is 8.78 Å². The first-order valence-corrected chi connectivity index (χ1v) is 7.88. The molecule has 0 aromatic heterocycles. The van der Waals surface area contributed by atoms with Gasteiger partial charge in [0.25, 0.3) is 0 Å². The van der Waals surface area contributed by atoms with Crippen LogP contribution in [0.25, 0.3) is 10.8 Å². The van der Waals surface area contributed by atoms with E-state index in [0.717, 1.165) is 22.0 Å². The zero-order valence-electron chi connectivity index (χ0n) is 13.6. The second-order valence-electron chi connectivity index (χ2n) is 6.66. The second-order valence-corrected chi connectivity index (χ2v) is 6.66. The molecular formula is C21H17F2N. The Balaban J connectivity index is 2.08. The lowest BCUT2D eigenvalue weighted by Crippen LogP contribution is -2.23. The summed E-state index contributed by atoms with van der Waals surface area (Å²) in [6.45, 7) is 8.24. The van der Waals surface area contributed by atoms with E-state index in [4.69, 9.17) is 0 Å². The quantitative estimate of drug-likeness (QED) is 0.526. The fourth-order valence-corrected chi connectivity index (χ4v) is 3.63. The molecule has 1 nitrogen and oxygen atoms in total. The Morgan fingerprint density at radius 2 is 1.54 bits per heavy atom. The molecule has 0 amide bonds. The van der Waals surface area contributed by atoms with Gasteiger partial charge < -0.3 is 4.90 Å². The zero-order valence-corrected chi connectivity index (χ0v) is 13.6. The van der Waals surface area contributed by atoms with E-state index in [0.29, 0.717) is 5.70 Å². The molecule has 0 spiro atoms. The van der Waals surface area contributed by atoms with Crippen molar-refractivity contribution in [2.24, 2.45) is 0 Å². The summed E-state index contributed by atoms with van der Waals surface area (Å²) in [5.74, 6) is -1.18. The molecule has 3 aromatic rings. The number of rotatable bonds is 1. The van der Waals surface area contributed by atoms with E-state index >= 15 is 0 Å². The molecular weight excluding hydrogens is 304 g/mol. The largest absolute Gasteiger partial charge is 0.308 e. The van der Waals surface area contributed by atoms with Crippen LogP contribution in [0.1, 0.15) is 19.4 Å². The first-order valence-electron chi connectivity index (χ1n) is 7.88. The van der Waals surface area contributed by atoms with Crippen LogP contribution in [-0.4, -0.2) is 0 Å². The average molecular weight is 321 g/mol. The maximum atomic E-state index is 14.4. The molecule has 0 atom stereocenters. The van der Waals surface area contributed by atoms with Crippen LogP contribution >= 0.6 is 0 Å². The highest BCUT2D eigenvalue weighted by Gasteiger charge is 2.42. The molecule has 3 heteroatoms. The summed E-state index contributed by atoms with van der Waals surface area (Å²) in [5, 5.41) is 2.19. The molecule has 0 aliphatic carbocycles. The molecule has 24 heavy (non-hydrogen) atoms. The Hall–Kier alpha value is -2.68. The predicted octanol–water partition coefficient (Wildman–Crippen LogP) is 6.06. The van der Waals surface area contributed by atoms with Crippen LogP contribution in [0.4, 0.5) is 20.2 Å². The summed E-state index contributed by atoms with van der Waals surface area (Å²) in [5.41, 5.74) is 2.01. The topological polar surface area (TPSA) is 3.24 Å². The van der Waals surface area contributed by atoms with Crippen LogP contribution in [0.3, 0.4) is 0 Å². The molecule has 0 fully saturated rings. The molecule has 0 saturated carbocycles. The Morgan fingerprint density at radius 3 is 2.25 bits per heavy atom. The summed E-state index contributed by atoms with van der Waals surface area (Å²) < 4.78 is 28.8. The molecule has 1 aliphatic rings. The number of fused-ring (bicyclic) bond motifs is 3. The molecule has 0 N–H and O–H groups in total. The fraction of sp³-hybridized carbons (Fsp3) is 0.143. The standard InChI is InChI=1S/C21H17F2N/c1-13-21(2,3)19-15-8-5-4-7-14(15)11-12-18(19)24(13)20-16(22)9-6-10-17(20)23/h4-12H,1H2,2-3H3. The van der Waals surface area contributed by atoms with Crippen LogP contribution in [0, 0.1) is 11.6 Å². The number of para-hydroxylation sites is 1. The minimum absolute atomic E-state index is 0.0652. The van der Waals surface area contributed by atoms with E-state index < -0.39 is 17.0 Å². The Morgan fingerprint density at radius 1 is 0.875 bits per heavy atom. The fourth-order valence-electron chi connectivity index (χ4n) is 3.63. The lowest BCUT2D eigenvalue weighted by Gasteiger charge is -2.26. The van der Waals surface area contributed by atoms with Crippen LogP contribution < -0.4 is 4.90 Å². The van der Waals surface area contributed by atoms with Gasteiger partial charge in [-0.25, -0.2) is 8.78 Å². The maximum Gasteiger partial charge on any atom is 0.150 e. The lowest BCUT2D eigenvalue weighted by atomic mass is 9.82. The van der Waals surface area contributed by atoms with Gasteiger partial charge in [0, 0.05) is 11.1 Å². The maximum absolute atomic E-state index is 14.4. The summed E-state index contributed by atoms with van der Waals surface area (Å²) in [7, 11) is 0. The first kappa shape index (κ1) is 14.9. The van der Waals surface area contributed by atoms with Crippen LogP contribution in [0.5, 0.6) is 0 Å². The Bertz CT molecular complexity index is 968. The van der Waals surface area contributed by atoms with Gasteiger partial charge in [-0.3, -0.25) is 0 Å². The molecule has 0 bridgehead atoms. The number of hydrogen-bond donors (Lipinski definition) is 0. The van der Waals surface area contributed by atoms with E-state index in [2.05, 4.69) is 6.58 Å².